The second-order valence-corrected chi connectivity index (χ2v) is 4.89. The molecule has 90 valence electrons. The average Bonchev–Trinajstić information content (AvgIpc) is 2.77. The predicted molar refractivity (Wildman–Crippen MR) is 74.0 cm³/mol. The Kier molecular flexibility index (Phi) is 4.20. The van der Waals surface area contributed by atoms with E-state index >= 15 is 0 Å². The van der Waals surface area contributed by atoms with E-state index in [9.17, 15) is 0 Å². The number of aryl methyl sites for hydroxylation is 1. The number of aromatic nitrogens is 2. The van der Waals surface area contributed by atoms with Gasteiger partial charge in [0.1, 0.15) is 0 Å². The van der Waals surface area contributed by atoms with Crippen molar-refractivity contribution in [2.75, 3.05) is 5.32 Å². The highest BCUT2D eigenvalue weighted by molar-refractivity contribution is 9.10. The van der Waals surface area contributed by atoms with Crippen LogP contribution in [-0.4, -0.2) is 9.78 Å². The van der Waals surface area contributed by atoms with Gasteiger partial charge in [0.25, 0.3) is 0 Å². The van der Waals surface area contributed by atoms with Crippen LogP contribution in [0.3, 0.4) is 0 Å². The van der Waals surface area contributed by atoms with Crippen molar-refractivity contribution in [2.45, 2.75) is 26.4 Å². The molecular weight excluding hydrogens is 278 g/mol. The van der Waals surface area contributed by atoms with Crippen molar-refractivity contribution in [3.8, 4) is 0 Å². The topological polar surface area (TPSA) is 29.9 Å². The molecule has 0 saturated heterocycles. The molecule has 1 N–H and O–H groups in total. The smallest absolute Gasteiger partial charge is 0.0539 e. The van der Waals surface area contributed by atoms with Crippen molar-refractivity contribution < 1.29 is 0 Å². The van der Waals surface area contributed by atoms with Crippen molar-refractivity contribution in [3.63, 3.8) is 0 Å². The van der Waals surface area contributed by atoms with Crippen molar-refractivity contribution in [2.24, 2.45) is 0 Å². The minimum atomic E-state index is 0.811. The summed E-state index contributed by atoms with van der Waals surface area (Å²) in [5.41, 5.74) is 2.33. The monoisotopic (exact) mass is 293 g/mol. The number of anilines is 1. The van der Waals surface area contributed by atoms with Gasteiger partial charge in [-0.1, -0.05) is 22.9 Å². The Hall–Kier alpha value is -1.29. The van der Waals surface area contributed by atoms with E-state index in [2.05, 4.69) is 51.6 Å². The number of benzene rings is 1. The van der Waals surface area contributed by atoms with Gasteiger partial charge in [-0.15, -0.1) is 0 Å². The van der Waals surface area contributed by atoms with Crippen LogP contribution in [0.15, 0.2) is 41.1 Å². The molecule has 17 heavy (non-hydrogen) atoms. The molecule has 0 spiro atoms. The maximum atomic E-state index is 4.30. The third-order valence-corrected chi connectivity index (χ3v) is 3.01. The summed E-state index contributed by atoms with van der Waals surface area (Å²) in [5.74, 6) is 0. The number of hydrogen-bond acceptors (Lipinski definition) is 2. The van der Waals surface area contributed by atoms with Crippen LogP contribution >= 0.6 is 15.9 Å². The summed E-state index contributed by atoms with van der Waals surface area (Å²) in [6.45, 7) is 3.95. The van der Waals surface area contributed by atoms with E-state index in [1.165, 1.54) is 5.56 Å². The highest BCUT2D eigenvalue weighted by Gasteiger charge is 1.98. The Morgan fingerprint density at radius 2 is 2.06 bits per heavy atom. The summed E-state index contributed by atoms with van der Waals surface area (Å²) in [4.78, 5) is 0. The lowest BCUT2D eigenvalue weighted by Gasteiger charge is -2.04. The van der Waals surface area contributed by atoms with Gasteiger partial charge in [0, 0.05) is 35.0 Å². The molecule has 1 aromatic heterocycles. The lowest BCUT2D eigenvalue weighted by Crippen LogP contribution is -1.99. The fraction of sp³-hybridized carbons (Fsp3) is 0.308. The molecule has 1 aromatic carbocycles. The van der Waals surface area contributed by atoms with Crippen LogP contribution in [0, 0.1) is 0 Å². The van der Waals surface area contributed by atoms with Gasteiger partial charge in [0.05, 0.1) is 6.20 Å². The predicted octanol–water partition coefficient (Wildman–Crippen LogP) is 3.67. The van der Waals surface area contributed by atoms with E-state index in [1.807, 2.05) is 23.0 Å². The quantitative estimate of drug-likeness (QED) is 0.912. The molecule has 0 aliphatic heterocycles. The third-order valence-electron chi connectivity index (χ3n) is 2.48. The minimum absolute atomic E-state index is 0.811. The lowest BCUT2D eigenvalue weighted by atomic mass is 10.3. The molecule has 0 fully saturated rings. The maximum Gasteiger partial charge on any atom is 0.0539 e. The summed E-state index contributed by atoms with van der Waals surface area (Å²) >= 11 is 3.42. The largest absolute Gasteiger partial charge is 0.381 e. The molecule has 0 bridgehead atoms. The summed E-state index contributed by atoms with van der Waals surface area (Å²) < 4.78 is 3.08. The molecule has 2 aromatic rings. The van der Waals surface area contributed by atoms with E-state index in [1.54, 1.807) is 0 Å². The molecule has 0 amide bonds. The maximum absolute atomic E-state index is 4.30. The first-order valence-corrected chi connectivity index (χ1v) is 6.58. The van der Waals surface area contributed by atoms with Gasteiger partial charge in [0.15, 0.2) is 0 Å². The molecule has 4 heteroatoms. The van der Waals surface area contributed by atoms with E-state index < -0.39 is 0 Å². The number of rotatable bonds is 5. The fourth-order valence-corrected chi connectivity index (χ4v) is 1.89. The summed E-state index contributed by atoms with van der Waals surface area (Å²) in [5, 5.41) is 7.67. The van der Waals surface area contributed by atoms with E-state index in [-0.39, 0.29) is 0 Å². The number of halogens is 1. The minimum Gasteiger partial charge on any atom is -0.381 e. The molecule has 0 aliphatic carbocycles. The Morgan fingerprint density at radius 3 is 2.76 bits per heavy atom. The molecule has 0 aliphatic rings. The highest BCUT2D eigenvalue weighted by Crippen LogP contribution is 2.14. The van der Waals surface area contributed by atoms with Crippen LogP contribution in [0.2, 0.25) is 0 Å². The second kappa shape index (κ2) is 5.87. The van der Waals surface area contributed by atoms with Gasteiger partial charge in [-0.2, -0.15) is 5.10 Å². The van der Waals surface area contributed by atoms with E-state index in [0.717, 1.165) is 29.7 Å². The van der Waals surface area contributed by atoms with Crippen molar-refractivity contribution in [3.05, 3.63) is 46.7 Å². The summed E-state index contributed by atoms with van der Waals surface area (Å²) in [6, 6.07) is 8.17. The SMILES string of the molecule is CCCn1cc(CNc2ccc(Br)cc2)cn1. The first kappa shape index (κ1) is 12.2. The molecule has 0 saturated carbocycles. The normalized spacial score (nSPS) is 10.5. The van der Waals surface area contributed by atoms with Gasteiger partial charge >= 0.3 is 0 Å². The van der Waals surface area contributed by atoms with Gasteiger partial charge in [-0.3, -0.25) is 4.68 Å². The molecule has 0 unspecified atom stereocenters. The molecular formula is C13H16BrN3. The summed E-state index contributed by atoms with van der Waals surface area (Å²) in [6.07, 6.45) is 5.12. The zero-order chi connectivity index (χ0) is 12.1. The van der Waals surface area contributed by atoms with Crippen molar-refractivity contribution in [1.82, 2.24) is 9.78 Å². The Bertz CT molecular complexity index is 462. The highest BCUT2D eigenvalue weighted by atomic mass is 79.9. The first-order valence-electron chi connectivity index (χ1n) is 5.78. The van der Waals surface area contributed by atoms with E-state index in [4.69, 9.17) is 0 Å². The third kappa shape index (κ3) is 3.60. The van der Waals surface area contributed by atoms with Crippen LogP contribution in [0.1, 0.15) is 18.9 Å². The van der Waals surface area contributed by atoms with Crippen LogP contribution in [0.4, 0.5) is 5.69 Å². The summed E-state index contributed by atoms with van der Waals surface area (Å²) in [7, 11) is 0. The fourth-order valence-electron chi connectivity index (χ4n) is 1.62. The Morgan fingerprint density at radius 1 is 1.29 bits per heavy atom. The number of hydrogen-bond donors (Lipinski definition) is 1. The van der Waals surface area contributed by atoms with Gasteiger partial charge in [-0.05, 0) is 30.7 Å². The number of nitrogens with one attached hydrogen (secondary N) is 1. The van der Waals surface area contributed by atoms with Crippen LogP contribution in [0.25, 0.3) is 0 Å². The van der Waals surface area contributed by atoms with Crippen LogP contribution < -0.4 is 5.32 Å². The average molecular weight is 294 g/mol. The zero-order valence-corrected chi connectivity index (χ0v) is 11.4. The van der Waals surface area contributed by atoms with Crippen molar-refractivity contribution >= 4 is 21.6 Å². The lowest BCUT2D eigenvalue weighted by molar-refractivity contribution is 0.602. The molecule has 3 nitrogen and oxygen atoms in total. The van der Waals surface area contributed by atoms with Gasteiger partial charge in [-0.25, -0.2) is 0 Å². The molecule has 0 radical (unpaired) electrons. The van der Waals surface area contributed by atoms with Gasteiger partial charge < -0.3 is 5.32 Å². The van der Waals surface area contributed by atoms with Gasteiger partial charge in [0.2, 0.25) is 0 Å². The van der Waals surface area contributed by atoms with Crippen LogP contribution in [-0.2, 0) is 13.1 Å². The Labute approximate surface area is 110 Å². The number of nitrogens with zero attached hydrogens (tertiary/aromatic N) is 2. The molecule has 1 heterocycles. The molecule has 0 atom stereocenters. The second-order valence-electron chi connectivity index (χ2n) is 3.97. The Balaban J connectivity index is 1.90. The first-order chi connectivity index (χ1) is 8.28. The molecule has 2 rings (SSSR count). The standard InChI is InChI=1S/C13H16BrN3/c1-2-7-17-10-11(9-16-17)8-15-13-5-3-12(14)4-6-13/h3-6,9-10,15H,2,7-8H2,1H3. The zero-order valence-electron chi connectivity index (χ0n) is 9.86. The van der Waals surface area contributed by atoms with Crippen LogP contribution in [0.5, 0.6) is 0 Å². The van der Waals surface area contributed by atoms with E-state index in [0.29, 0.717) is 0 Å². The van der Waals surface area contributed by atoms with Crippen molar-refractivity contribution in [1.29, 1.82) is 0 Å².